The van der Waals surface area contributed by atoms with Gasteiger partial charge < -0.3 is 10.2 Å². The Hall–Kier alpha value is -2.21. The highest BCUT2D eigenvalue weighted by atomic mass is 19.1. The van der Waals surface area contributed by atoms with E-state index in [0.717, 1.165) is 13.1 Å². The summed E-state index contributed by atoms with van der Waals surface area (Å²) in [5, 5.41) is 7.10. The van der Waals surface area contributed by atoms with Gasteiger partial charge in [-0.15, -0.1) is 0 Å². The van der Waals surface area contributed by atoms with Crippen LogP contribution in [0.25, 0.3) is 0 Å². The molecule has 0 aliphatic carbocycles. The quantitative estimate of drug-likeness (QED) is 0.907. The molecule has 1 saturated heterocycles. The van der Waals surface area contributed by atoms with Crippen LogP contribution >= 0.6 is 0 Å². The average Bonchev–Trinajstić information content (AvgIpc) is 3.10. The third kappa shape index (κ3) is 4.25. The summed E-state index contributed by atoms with van der Waals surface area (Å²) < 4.78 is 14.7. The molecule has 2 aromatic rings. The molecule has 5 nitrogen and oxygen atoms in total. The van der Waals surface area contributed by atoms with Gasteiger partial charge in [0.2, 0.25) is 5.91 Å². The fourth-order valence-electron chi connectivity index (χ4n) is 3.62. The molecule has 0 bridgehead atoms. The van der Waals surface area contributed by atoms with Gasteiger partial charge in [-0.05, 0) is 35.2 Å². The topological polar surface area (TPSA) is 50.2 Å². The zero-order valence-electron chi connectivity index (χ0n) is 15.0. The summed E-state index contributed by atoms with van der Waals surface area (Å²) in [6.45, 7) is 7.14. The number of amides is 1. The lowest BCUT2D eigenvalue weighted by Crippen LogP contribution is -2.27. The second-order valence-corrected chi connectivity index (χ2v) is 7.53. The number of benzene rings is 1. The van der Waals surface area contributed by atoms with E-state index in [1.165, 1.54) is 17.7 Å². The summed E-state index contributed by atoms with van der Waals surface area (Å²) in [5.41, 5.74) is 2.03. The van der Waals surface area contributed by atoms with Gasteiger partial charge in [-0.1, -0.05) is 13.8 Å². The fraction of sp³-hybridized carbons (Fsp3) is 0.474. The monoisotopic (exact) mass is 344 g/mol. The molecule has 134 valence electrons. The average molecular weight is 344 g/mol. The van der Waals surface area contributed by atoms with Crippen molar-refractivity contribution in [1.82, 2.24) is 14.7 Å². The van der Waals surface area contributed by atoms with E-state index in [9.17, 15) is 9.18 Å². The second-order valence-electron chi connectivity index (χ2n) is 7.53. The van der Waals surface area contributed by atoms with Gasteiger partial charge in [0.15, 0.2) is 0 Å². The lowest BCUT2D eigenvalue weighted by molar-refractivity contribution is -0.116. The first-order chi connectivity index (χ1) is 11.8. The van der Waals surface area contributed by atoms with Crippen molar-refractivity contribution in [3.63, 3.8) is 0 Å². The van der Waals surface area contributed by atoms with Crippen LogP contribution < -0.4 is 5.32 Å². The van der Waals surface area contributed by atoms with E-state index in [2.05, 4.69) is 35.4 Å². The van der Waals surface area contributed by atoms with Crippen LogP contribution in [0.4, 0.5) is 10.1 Å². The molecule has 1 unspecified atom stereocenters. The van der Waals surface area contributed by atoms with Gasteiger partial charge in [-0.3, -0.25) is 9.48 Å². The molecule has 0 saturated carbocycles. The van der Waals surface area contributed by atoms with E-state index >= 15 is 0 Å². The Balaban J connectivity index is 1.53. The normalized spacial score (nSPS) is 19.9. The molecule has 0 radical (unpaired) electrons. The maximum Gasteiger partial charge on any atom is 0.225 e. The smallest absolute Gasteiger partial charge is 0.225 e. The molecule has 0 spiro atoms. The molecule has 1 amide bonds. The Morgan fingerprint density at radius 3 is 2.72 bits per heavy atom. The van der Waals surface area contributed by atoms with Crippen LogP contribution in [0, 0.1) is 11.2 Å². The number of hydrogen-bond acceptors (Lipinski definition) is 3. The Morgan fingerprint density at radius 2 is 2.08 bits per heavy atom. The van der Waals surface area contributed by atoms with Crippen molar-refractivity contribution in [2.45, 2.75) is 26.2 Å². The highest BCUT2D eigenvalue weighted by Crippen LogP contribution is 2.42. The van der Waals surface area contributed by atoms with Crippen LogP contribution in [0.2, 0.25) is 0 Å². The van der Waals surface area contributed by atoms with Crippen LogP contribution in [0.15, 0.2) is 36.7 Å². The third-order valence-corrected chi connectivity index (χ3v) is 4.93. The minimum absolute atomic E-state index is 0.0470. The van der Waals surface area contributed by atoms with Crippen molar-refractivity contribution >= 4 is 11.6 Å². The number of rotatable bonds is 5. The minimum Gasteiger partial charge on any atom is -0.326 e. The van der Waals surface area contributed by atoms with Crippen LogP contribution in [0.5, 0.6) is 0 Å². The number of aromatic nitrogens is 2. The molecule has 2 heterocycles. The molecule has 1 N–H and O–H groups in total. The molecule has 6 heteroatoms. The zero-order valence-corrected chi connectivity index (χ0v) is 15.0. The molecule has 1 aromatic carbocycles. The largest absolute Gasteiger partial charge is 0.326 e. The number of carbonyl (C=O) groups is 1. The van der Waals surface area contributed by atoms with Gasteiger partial charge >= 0.3 is 0 Å². The SMILES string of the molecule is Cn1cc(C2CN(CCC(=O)Nc3ccc(F)cc3)CC2(C)C)cn1. The van der Waals surface area contributed by atoms with E-state index in [-0.39, 0.29) is 17.1 Å². The highest BCUT2D eigenvalue weighted by molar-refractivity contribution is 5.90. The summed E-state index contributed by atoms with van der Waals surface area (Å²) in [6.07, 6.45) is 4.45. The first kappa shape index (κ1) is 17.6. The van der Waals surface area contributed by atoms with E-state index in [1.54, 1.807) is 12.1 Å². The number of likely N-dealkylation sites (tertiary alicyclic amines) is 1. The molecule has 3 rings (SSSR count). The first-order valence-corrected chi connectivity index (χ1v) is 8.60. The summed E-state index contributed by atoms with van der Waals surface area (Å²) in [6, 6.07) is 5.84. The maximum absolute atomic E-state index is 12.9. The van der Waals surface area contributed by atoms with Crippen molar-refractivity contribution in [3.05, 3.63) is 48.0 Å². The number of halogens is 1. The number of nitrogens with one attached hydrogen (secondary N) is 1. The Bertz CT molecular complexity index is 738. The standard InChI is InChI=1S/C19H25FN4O/c1-19(2)13-24(12-17(19)14-10-21-23(3)11-14)9-8-18(25)22-16-6-4-15(20)5-7-16/h4-7,10-11,17H,8-9,12-13H2,1-3H3,(H,22,25). The molecule has 1 aliphatic rings. The van der Waals surface area contributed by atoms with E-state index in [0.29, 0.717) is 24.6 Å². The van der Waals surface area contributed by atoms with E-state index in [1.807, 2.05) is 17.9 Å². The summed E-state index contributed by atoms with van der Waals surface area (Å²) in [7, 11) is 1.93. The van der Waals surface area contributed by atoms with Crippen LogP contribution in [0.1, 0.15) is 31.7 Å². The van der Waals surface area contributed by atoms with Crippen molar-refractivity contribution in [1.29, 1.82) is 0 Å². The molecule has 1 aliphatic heterocycles. The molecular weight excluding hydrogens is 319 g/mol. The van der Waals surface area contributed by atoms with Crippen molar-refractivity contribution in [2.75, 3.05) is 25.0 Å². The molecule has 1 aromatic heterocycles. The van der Waals surface area contributed by atoms with Crippen molar-refractivity contribution < 1.29 is 9.18 Å². The molecule has 1 fully saturated rings. The van der Waals surface area contributed by atoms with Crippen LogP contribution in [0.3, 0.4) is 0 Å². The van der Waals surface area contributed by atoms with E-state index < -0.39 is 0 Å². The zero-order chi connectivity index (χ0) is 18.0. The highest BCUT2D eigenvalue weighted by Gasteiger charge is 2.40. The van der Waals surface area contributed by atoms with E-state index in [4.69, 9.17) is 0 Å². The van der Waals surface area contributed by atoms with Gasteiger partial charge in [0, 0.05) is 50.9 Å². The van der Waals surface area contributed by atoms with Crippen LogP contribution in [-0.4, -0.2) is 40.2 Å². The fourth-order valence-corrected chi connectivity index (χ4v) is 3.62. The van der Waals surface area contributed by atoms with Gasteiger partial charge in [0.25, 0.3) is 0 Å². The number of carbonyl (C=O) groups excluding carboxylic acids is 1. The van der Waals surface area contributed by atoms with Gasteiger partial charge in [-0.2, -0.15) is 5.10 Å². The molecule has 25 heavy (non-hydrogen) atoms. The molecule has 1 atom stereocenters. The second kappa shape index (κ2) is 6.96. The Kier molecular flexibility index (Phi) is 4.90. The summed E-state index contributed by atoms with van der Waals surface area (Å²) in [4.78, 5) is 14.5. The predicted molar refractivity (Wildman–Crippen MR) is 95.8 cm³/mol. The lowest BCUT2D eigenvalue weighted by atomic mass is 9.79. The number of aryl methyl sites for hydroxylation is 1. The first-order valence-electron chi connectivity index (χ1n) is 8.60. The van der Waals surface area contributed by atoms with Gasteiger partial charge in [-0.25, -0.2) is 4.39 Å². The summed E-state index contributed by atoms with van der Waals surface area (Å²) >= 11 is 0. The minimum atomic E-state index is -0.307. The third-order valence-electron chi connectivity index (χ3n) is 4.93. The number of anilines is 1. The predicted octanol–water partition coefficient (Wildman–Crippen LogP) is 3.01. The van der Waals surface area contributed by atoms with Gasteiger partial charge in [0.1, 0.15) is 5.82 Å². The Morgan fingerprint density at radius 1 is 1.36 bits per heavy atom. The summed E-state index contributed by atoms with van der Waals surface area (Å²) in [5.74, 6) is 0.0642. The Labute approximate surface area is 147 Å². The van der Waals surface area contributed by atoms with Crippen molar-refractivity contribution in [3.8, 4) is 0 Å². The lowest BCUT2D eigenvalue weighted by Gasteiger charge is -2.24. The maximum atomic E-state index is 12.9. The van der Waals surface area contributed by atoms with Gasteiger partial charge in [0.05, 0.1) is 6.20 Å². The number of nitrogens with zero attached hydrogens (tertiary/aromatic N) is 3. The number of hydrogen-bond donors (Lipinski definition) is 1. The van der Waals surface area contributed by atoms with Crippen molar-refractivity contribution in [2.24, 2.45) is 12.5 Å². The molecular formula is C19H25FN4O. The van der Waals surface area contributed by atoms with Crippen LogP contribution in [-0.2, 0) is 11.8 Å².